The van der Waals surface area contributed by atoms with E-state index in [4.69, 9.17) is 4.74 Å². The van der Waals surface area contributed by atoms with Crippen LogP contribution in [-0.4, -0.2) is 43.6 Å². The molecule has 1 aromatic carbocycles. The van der Waals surface area contributed by atoms with Gasteiger partial charge in [0.1, 0.15) is 12.4 Å². The Hall–Kier alpha value is -0.780. The number of nitrogens with zero attached hydrogens (tertiary/aromatic N) is 1. The molecule has 118 valence electrons. The summed E-state index contributed by atoms with van der Waals surface area (Å²) in [5.74, 6) is 0.994. The van der Waals surface area contributed by atoms with Crippen LogP contribution in [0.5, 0.6) is 5.75 Å². The van der Waals surface area contributed by atoms with E-state index in [2.05, 4.69) is 21.2 Å². The molecule has 0 aliphatic carbocycles. The van der Waals surface area contributed by atoms with E-state index in [0.717, 1.165) is 29.6 Å². The van der Waals surface area contributed by atoms with Crippen LogP contribution in [0.2, 0.25) is 0 Å². The second-order valence-electron chi connectivity index (χ2n) is 5.06. The lowest BCUT2D eigenvalue weighted by atomic mass is 10.0. The smallest absolute Gasteiger partial charge is 0.239 e. The summed E-state index contributed by atoms with van der Waals surface area (Å²) in [5.41, 5.74) is 0. The van der Waals surface area contributed by atoms with Crippen LogP contribution >= 0.6 is 28.3 Å². The summed E-state index contributed by atoms with van der Waals surface area (Å²) >= 11 is 3.38. The third kappa shape index (κ3) is 5.85. The average molecular weight is 378 g/mol. The van der Waals surface area contributed by atoms with Gasteiger partial charge in [0.15, 0.2) is 0 Å². The van der Waals surface area contributed by atoms with E-state index in [1.807, 2.05) is 31.3 Å². The first kappa shape index (κ1) is 18.3. The molecule has 1 aromatic rings. The van der Waals surface area contributed by atoms with Gasteiger partial charge in [0, 0.05) is 11.5 Å². The molecule has 1 N–H and O–H groups in total. The Bertz CT molecular complexity index is 436. The second kappa shape index (κ2) is 9.28. The van der Waals surface area contributed by atoms with Crippen molar-refractivity contribution >= 4 is 34.2 Å². The normalized spacial score (nSPS) is 17.7. The molecule has 4 nitrogen and oxygen atoms in total. The third-order valence-corrected chi connectivity index (χ3v) is 4.02. The van der Waals surface area contributed by atoms with Crippen LogP contribution in [0.4, 0.5) is 0 Å². The minimum atomic E-state index is -0.0126. The summed E-state index contributed by atoms with van der Waals surface area (Å²) in [6.45, 7) is 2.06. The number of nitrogens with one attached hydrogen (secondary N) is 1. The molecule has 1 aliphatic rings. The predicted octanol–water partition coefficient (Wildman–Crippen LogP) is 2.85. The van der Waals surface area contributed by atoms with E-state index < -0.39 is 0 Å². The van der Waals surface area contributed by atoms with Gasteiger partial charge in [-0.05, 0) is 43.7 Å². The van der Waals surface area contributed by atoms with Gasteiger partial charge in [-0.3, -0.25) is 4.79 Å². The van der Waals surface area contributed by atoms with Gasteiger partial charge in [-0.25, -0.2) is 0 Å². The van der Waals surface area contributed by atoms with Gasteiger partial charge in [-0.15, -0.1) is 12.4 Å². The monoisotopic (exact) mass is 376 g/mol. The van der Waals surface area contributed by atoms with Gasteiger partial charge in [0.2, 0.25) is 5.91 Å². The summed E-state index contributed by atoms with van der Waals surface area (Å²) < 4.78 is 6.66. The fraction of sp³-hybridized carbons (Fsp3) is 0.533. The molecule has 2 rings (SSSR count). The van der Waals surface area contributed by atoms with Gasteiger partial charge in [0.25, 0.3) is 0 Å². The van der Waals surface area contributed by atoms with E-state index in [1.165, 1.54) is 6.42 Å². The van der Waals surface area contributed by atoms with Crippen LogP contribution in [0.3, 0.4) is 0 Å². The van der Waals surface area contributed by atoms with Crippen molar-refractivity contribution in [1.82, 2.24) is 10.2 Å². The molecule has 0 aromatic heterocycles. The van der Waals surface area contributed by atoms with Crippen molar-refractivity contribution < 1.29 is 9.53 Å². The molecule has 0 bridgehead atoms. The van der Waals surface area contributed by atoms with Crippen molar-refractivity contribution in [3.05, 3.63) is 28.7 Å². The zero-order chi connectivity index (χ0) is 14.4. The lowest BCUT2D eigenvalue weighted by molar-refractivity contribution is -0.133. The molecule has 0 spiro atoms. The number of halogens is 2. The lowest BCUT2D eigenvalue weighted by Gasteiger charge is -2.27. The molecule has 6 heteroatoms. The van der Waals surface area contributed by atoms with E-state index in [0.29, 0.717) is 13.2 Å². The Morgan fingerprint density at radius 3 is 2.71 bits per heavy atom. The van der Waals surface area contributed by atoms with Crippen molar-refractivity contribution in [3.8, 4) is 5.75 Å². The van der Waals surface area contributed by atoms with Crippen LogP contribution in [0.15, 0.2) is 28.7 Å². The maximum atomic E-state index is 12.2. The highest BCUT2D eigenvalue weighted by Crippen LogP contribution is 2.16. The first-order valence-corrected chi connectivity index (χ1v) is 7.83. The number of carbonyl (C=O) groups is 1. The lowest BCUT2D eigenvalue weighted by Crippen LogP contribution is -2.48. The average Bonchev–Trinajstić information content (AvgIpc) is 2.49. The molecule has 0 radical (unpaired) electrons. The summed E-state index contributed by atoms with van der Waals surface area (Å²) in [4.78, 5) is 13.9. The molecular weight excluding hydrogens is 356 g/mol. The van der Waals surface area contributed by atoms with Crippen molar-refractivity contribution in [2.45, 2.75) is 25.3 Å². The zero-order valence-electron chi connectivity index (χ0n) is 12.2. The number of rotatable bonds is 5. The van der Waals surface area contributed by atoms with Crippen molar-refractivity contribution in [2.24, 2.45) is 0 Å². The second-order valence-corrected chi connectivity index (χ2v) is 5.98. The molecule has 1 heterocycles. The molecule has 1 fully saturated rings. The van der Waals surface area contributed by atoms with Crippen LogP contribution in [0, 0.1) is 0 Å². The fourth-order valence-corrected chi connectivity index (χ4v) is 2.53. The highest BCUT2D eigenvalue weighted by atomic mass is 79.9. The van der Waals surface area contributed by atoms with Crippen molar-refractivity contribution in [2.75, 3.05) is 26.7 Å². The summed E-state index contributed by atoms with van der Waals surface area (Å²) in [7, 11) is 1.84. The van der Waals surface area contributed by atoms with Crippen molar-refractivity contribution in [3.63, 3.8) is 0 Å². The standard InChI is InChI=1S/C15H21BrN2O2.ClH/c1-18(15(19)14-4-2-3-9-17-14)10-11-20-13-7-5-12(16)6-8-13;/h5-8,14,17H,2-4,9-11H2,1H3;1H/t14-;/m0./s1. The fourth-order valence-electron chi connectivity index (χ4n) is 2.27. The van der Waals surface area contributed by atoms with Gasteiger partial charge >= 0.3 is 0 Å². The Morgan fingerprint density at radius 2 is 2.10 bits per heavy atom. The van der Waals surface area contributed by atoms with E-state index in [9.17, 15) is 4.79 Å². The molecular formula is C15H22BrClN2O2. The van der Waals surface area contributed by atoms with Crippen LogP contribution in [-0.2, 0) is 4.79 Å². The Balaban J connectivity index is 0.00000220. The zero-order valence-corrected chi connectivity index (χ0v) is 14.6. The van der Waals surface area contributed by atoms with Crippen LogP contribution in [0.1, 0.15) is 19.3 Å². The molecule has 0 saturated carbocycles. The Labute approximate surface area is 140 Å². The summed E-state index contributed by atoms with van der Waals surface area (Å²) in [6, 6.07) is 7.69. The first-order chi connectivity index (χ1) is 9.66. The number of amides is 1. The maximum absolute atomic E-state index is 12.2. The maximum Gasteiger partial charge on any atom is 0.239 e. The van der Waals surface area contributed by atoms with Gasteiger partial charge < -0.3 is 15.0 Å². The van der Waals surface area contributed by atoms with Crippen LogP contribution < -0.4 is 10.1 Å². The topological polar surface area (TPSA) is 41.6 Å². The summed E-state index contributed by atoms with van der Waals surface area (Å²) in [6.07, 6.45) is 3.24. The van der Waals surface area contributed by atoms with E-state index >= 15 is 0 Å². The van der Waals surface area contributed by atoms with Crippen LogP contribution in [0.25, 0.3) is 0 Å². The number of ether oxygens (including phenoxy) is 1. The number of hydrogen-bond acceptors (Lipinski definition) is 3. The third-order valence-electron chi connectivity index (χ3n) is 3.49. The number of likely N-dealkylation sites (N-methyl/N-ethyl adjacent to an activating group) is 1. The quantitative estimate of drug-likeness (QED) is 0.858. The number of carbonyl (C=O) groups excluding carboxylic acids is 1. The van der Waals surface area contributed by atoms with E-state index in [1.54, 1.807) is 4.90 Å². The minimum Gasteiger partial charge on any atom is -0.492 e. The predicted molar refractivity (Wildman–Crippen MR) is 90.2 cm³/mol. The first-order valence-electron chi connectivity index (χ1n) is 7.03. The van der Waals surface area contributed by atoms with Gasteiger partial charge in [-0.1, -0.05) is 22.4 Å². The van der Waals surface area contributed by atoms with E-state index in [-0.39, 0.29) is 24.4 Å². The SMILES string of the molecule is CN(CCOc1ccc(Br)cc1)C(=O)[C@@H]1CCCCN1.Cl. The van der Waals surface area contributed by atoms with Crippen molar-refractivity contribution in [1.29, 1.82) is 0 Å². The minimum absolute atomic E-state index is 0. The Morgan fingerprint density at radius 1 is 1.38 bits per heavy atom. The highest BCUT2D eigenvalue weighted by molar-refractivity contribution is 9.10. The van der Waals surface area contributed by atoms with Gasteiger partial charge in [0.05, 0.1) is 12.6 Å². The molecule has 0 unspecified atom stereocenters. The highest BCUT2D eigenvalue weighted by Gasteiger charge is 2.23. The number of piperidine rings is 1. The molecule has 21 heavy (non-hydrogen) atoms. The number of hydrogen-bond donors (Lipinski definition) is 1. The molecule has 1 amide bonds. The summed E-state index contributed by atoms with van der Waals surface area (Å²) in [5, 5.41) is 3.28. The Kier molecular flexibility index (Phi) is 8.07. The molecule has 1 saturated heterocycles. The number of benzene rings is 1. The molecule has 1 atom stereocenters. The van der Waals surface area contributed by atoms with Gasteiger partial charge in [-0.2, -0.15) is 0 Å². The molecule has 1 aliphatic heterocycles. The largest absolute Gasteiger partial charge is 0.492 e.